The smallest absolute Gasteiger partial charge is 0.123 e. The van der Waals surface area contributed by atoms with E-state index in [-0.39, 0.29) is 5.82 Å². The summed E-state index contributed by atoms with van der Waals surface area (Å²) in [4.78, 5) is 4.46. The zero-order valence-corrected chi connectivity index (χ0v) is 11.7. The fraction of sp³-hybridized carbons (Fsp3) is 0.118. The minimum Gasteiger partial charge on any atom is -0.256 e. The van der Waals surface area contributed by atoms with Gasteiger partial charge in [0.25, 0.3) is 0 Å². The van der Waals surface area contributed by atoms with Crippen molar-refractivity contribution < 1.29 is 4.39 Å². The molecule has 1 nitrogen and oxygen atoms in total. The van der Waals surface area contributed by atoms with Gasteiger partial charge in [0.05, 0.1) is 5.52 Å². The molecule has 1 heterocycles. The summed E-state index contributed by atoms with van der Waals surface area (Å²) in [6, 6.07) is 17.0. The van der Waals surface area contributed by atoms with E-state index >= 15 is 0 Å². The van der Waals surface area contributed by atoms with E-state index in [0.29, 0.717) is 0 Å². The lowest BCUT2D eigenvalue weighted by atomic mass is 10.1. The average molecular weight is 283 g/mol. The number of para-hydroxylation sites is 1. The van der Waals surface area contributed by atoms with Crippen LogP contribution in [0.1, 0.15) is 11.1 Å². The van der Waals surface area contributed by atoms with Crippen molar-refractivity contribution in [2.75, 3.05) is 0 Å². The molecule has 0 fully saturated rings. The molecule has 0 radical (unpaired) electrons. The number of fused-ring (bicyclic) bond motifs is 1. The molecular weight excluding hydrogens is 269 g/mol. The van der Waals surface area contributed by atoms with Crippen LogP contribution in [0.25, 0.3) is 10.9 Å². The molecule has 0 atom stereocenters. The van der Waals surface area contributed by atoms with Gasteiger partial charge in [-0.25, -0.2) is 4.39 Å². The Bertz CT molecular complexity index is 704. The van der Waals surface area contributed by atoms with Crippen molar-refractivity contribution in [3.63, 3.8) is 0 Å². The van der Waals surface area contributed by atoms with Gasteiger partial charge in [0.15, 0.2) is 0 Å². The first kappa shape index (κ1) is 13.1. The molecule has 0 saturated carbocycles. The third-order valence-corrected chi connectivity index (χ3v) is 4.21. The van der Waals surface area contributed by atoms with Crippen molar-refractivity contribution >= 4 is 22.7 Å². The highest BCUT2D eigenvalue weighted by Crippen LogP contribution is 2.23. The lowest BCUT2D eigenvalue weighted by Gasteiger charge is -2.06. The van der Waals surface area contributed by atoms with Gasteiger partial charge in [-0.1, -0.05) is 36.4 Å². The zero-order chi connectivity index (χ0) is 13.8. The maximum absolute atomic E-state index is 12.8. The molecule has 0 unspecified atom stereocenters. The van der Waals surface area contributed by atoms with Crippen molar-refractivity contribution in [1.82, 2.24) is 4.98 Å². The molecule has 0 amide bonds. The summed E-state index contributed by atoms with van der Waals surface area (Å²) in [6.45, 7) is 0. The summed E-state index contributed by atoms with van der Waals surface area (Å²) < 4.78 is 12.8. The van der Waals surface area contributed by atoms with E-state index in [4.69, 9.17) is 0 Å². The Labute approximate surface area is 121 Å². The molecule has 0 N–H and O–H groups in total. The fourth-order valence-electron chi connectivity index (χ4n) is 2.14. The lowest BCUT2D eigenvalue weighted by Crippen LogP contribution is -1.88. The van der Waals surface area contributed by atoms with Crippen LogP contribution < -0.4 is 0 Å². The van der Waals surface area contributed by atoms with Gasteiger partial charge < -0.3 is 0 Å². The van der Waals surface area contributed by atoms with Crippen LogP contribution in [-0.2, 0) is 11.5 Å². The first-order valence-electron chi connectivity index (χ1n) is 6.48. The predicted octanol–water partition coefficient (Wildman–Crippen LogP) is 4.81. The van der Waals surface area contributed by atoms with Gasteiger partial charge in [0.1, 0.15) is 5.82 Å². The molecule has 2 aromatic carbocycles. The minimum absolute atomic E-state index is 0.183. The van der Waals surface area contributed by atoms with Crippen LogP contribution in [0.4, 0.5) is 4.39 Å². The van der Waals surface area contributed by atoms with Gasteiger partial charge in [0.2, 0.25) is 0 Å². The van der Waals surface area contributed by atoms with Crippen LogP contribution in [0.2, 0.25) is 0 Å². The highest BCUT2D eigenvalue weighted by atomic mass is 32.2. The molecule has 0 spiro atoms. The normalized spacial score (nSPS) is 10.8. The summed E-state index contributed by atoms with van der Waals surface area (Å²) in [5, 5.41) is 1.17. The molecule has 100 valence electrons. The second-order valence-corrected chi connectivity index (χ2v) is 5.60. The summed E-state index contributed by atoms with van der Waals surface area (Å²) in [6.07, 6.45) is 1.83. The molecule has 3 aromatic rings. The Kier molecular flexibility index (Phi) is 3.97. The van der Waals surface area contributed by atoms with Crippen LogP contribution in [0.5, 0.6) is 0 Å². The third kappa shape index (κ3) is 2.99. The van der Waals surface area contributed by atoms with Crippen molar-refractivity contribution in [2.45, 2.75) is 11.5 Å². The number of pyridine rings is 1. The van der Waals surface area contributed by atoms with Crippen molar-refractivity contribution in [3.05, 3.63) is 77.7 Å². The number of aromatic nitrogens is 1. The maximum atomic E-state index is 12.8. The van der Waals surface area contributed by atoms with E-state index in [1.165, 1.54) is 23.1 Å². The molecule has 20 heavy (non-hydrogen) atoms. The first-order chi connectivity index (χ1) is 9.83. The Morgan fingerprint density at radius 1 is 0.900 bits per heavy atom. The molecular formula is C17H14FNS. The second kappa shape index (κ2) is 6.06. The summed E-state index contributed by atoms with van der Waals surface area (Å²) in [5.74, 6) is 1.60. The van der Waals surface area contributed by atoms with Crippen LogP contribution in [0, 0.1) is 5.82 Å². The Balaban J connectivity index is 1.69. The number of rotatable bonds is 4. The van der Waals surface area contributed by atoms with Gasteiger partial charge in [-0.15, -0.1) is 0 Å². The molecule has 0 aliphatic heterocycles. The monoisotopic (exact) mass is 283 g/mol. The Morgan fingerprint density at radius 2 is 1.70 bits per heavy atom. The standard InChI is InChI=1S/C17H14FNS/c18-16-8-6-13(7-9-16)11-20-12-15-4-1-3-14-5-2-10-19-17(14)15/h1-10H,11-12H2. The molecule has 3 heteroatoms. The third-order valence-electron chi connectivity index (χ3n) is 3.16. The molecule has 1 aromatic heterocycles. The van der Waals surface area contributed by atoms with Gasteiger partial charge in [-0.2, -0.15) is 11.8 Å². The van der Waals surface area contributed by atoms with Gasteiger partial charge in [-0.05, 0) is 29.3 Å². The van der Waals surface area contributed by atoms with E-state index in [9.17, 15) is 4.39 Å². The van der Waals surface area contributed by atoms with Crippen molar-refractivity contribution in [3.8, 4) is 0 Å². The topological polar surface area (TPSA) is 12.9 Å². The van der Waals surface area contributed by atoms with Gasteiger partial charge >= 0.3 is 0 Å². The SMILES string of the molecule is Fc1ccc(CSCc2cccc3cccnc23)cc1. The highest BCUT2D eigenvalue weighted by molar-refractivity contribution is 7.97. The van der Waals surface area contributed by atoms with Crippen molar-refractivity contribution in [1.29, 1.82) is 0 Å². The molecule has 0 bridgehead atoms. The van der Waals surface area contributed by atoms with Crippen LogP contribution in [0.15, 0.2) is 60.8 Å². The molecule has 3 rings (SSSR count). The largest absolute Gasteiger partial charge is 0.256 e. The number of thioether (sulfide) groups is 1. The number of halogens is 1. The summed E-state index contributed by atoms with van der Waals surface area (Å²) in [7, 11) is 0. The van der Waals surface area contributed by atoms with Crippen LogP contribution >= 0.6 is 11.8 Å². The quantitative estimate of drug-likeness (QED) is 0.681. The van der Waals surface area contributed by atoms with Gasteiger partial charge in [-0.3, -0.25) is 4.98 Å². The minimum atomic E-state index is -0.183. The number of hydrogen-bond acceptors (Lipinski definition) is 2. The predicted molar refractivity (Wildman–Crippen MR) is 83.1 cm³/mol. The lowest BCUT2D eigenvalue weighted by molar-refractivity contribution is 0.627. The molecule has 0 aliphatic rings. The molecule has 0 saturated heterocycles. The number of hydrogen-bond donors (Lipinski definition) is 0. The Morgan fingerprint density at radius 3 is 2.55 bits per heavy atom. The van der Waals surface area contributed by atoms with E-state index in [1.54, 1.807) is 0 Å². The average Bonchev–Trinajstić information content (AvgIpc) is 2.49. The van der Waals surface area contributed by atoms with Crippen LogP contribution in [-0.4, -0.2) is 4.98 Å². The van der Waals surface area contributed by atoms with E-state index in [0.717, 1.165) is 22.6 Å². The van der Waals surface area contributed by atoms with Crippen molar-refractivity contribution in [2.24, 2.45) is 0 Å². The second-order valence-electron chi connectivity index (χ2n) is 4.61. The number of benzene rings is 2. The zero-order valence-electron chi connectivity index (χ0n) is 10.9. The summed E-state index contributed by atoms with van der Waals surface area (Å²) >= 11 is 1.82. The van der Waals surface area contributed by atoms with E-state index in [1.807, 2.05) is 36.2 Å². The van der Waals surface area contributed by atoms with Crippen LogP contribution in [0.3, 0.4) is 0 Å². The fourth-order valence-corrected chi connectivity index (χ4v) is 3.13. The summed E-state index contributed by atoms with van der Waals surface area (Å²) in [5.41, 5.74) is 3.46. The van der Waals surface area contributed by atoms with E-state index in [2.05, 4.69) is 29.2 Å². The molecule has 0 aliphatic carbocycles. The first-order valence-corrected chi connectivity index (χ1v) is 7.63. The van der Waals surface area contributed by atoms with E-state index < -0.39 is 0 Å². The Hall–Kier alpha value is -1.87. The highest BCUT2D eigenvalue weighted by Gasteiger charge is 2.02. The van der Waals surface area contributed by atoms with Gasteiger partial charge in [0, 0.05) is 23.1 Å². The maximum Gasteiger partial charge on any atom is 0.123 e. The number of nitrogens with zero attached hydrogens (tertiary/aromatic N) is 1.